The number of amidine groups is 1. The molecule has 0 spiro atoms. The minimum atomic E-state index is -0.442. The van der Waals surface area contributed by atoms with E-state index in [4.69, 9.17) is 11.1 Å². The average Bonchev–Trinajstić information content (AvgIpc) is 3.08. The Labute approximate surface area is 161 Å². The number of anilines is 1. The van der Waals surface area contributed by atoms with Crippen molar-refractivity contribution >= 4 is 11.5 Å². The highest BCUT2D eigenvalue weighted by Crippen LogP contribution is 2.54. The van der Waals surface area contributed by atoms with Crippen molar-refractivity contribution in [2.45, 2.75) is 18.4 Å². The molecule has 0 saturated carbocycles. The second-order valence-corrected chi connectivity index (χ2v) is 7.55. The molecule has 0 bridgehead atoms. The van der Waals surface area contributed by atoms with Crippen molar-refractivity contribution in [3.05, 3.63) is 100 Å². The van der Waals surface area contributed by atoms with Gasteiger partial charge in [0.25, 0.3) is 0 Å². The van der Waals surface area contributed by atoms with E-state index in [1.165, 1.54) is 23.3 Å². The van der Waals surface area contributed by atoms with Gasteiger partial charge in [0.1, 0.15) is 17.5 Å². The molecule has 2 aliphatic rings. The normalized spacial score (nSPS) is 22.0. The Morgan fingerprint density at radius 1 is 0.964 bits per heavy atom. The summed E-state index contributed by atoms with van der Waals surface area (Å²) in [4.78, 5) is 0. The molecular weight excluding hydrogens is 356 g/mol. The first-order chi connectivity index (χ1) is 13.5. The number of nitrogen functional groups attached to an aromatic ring is 1. The number of halogens is 2. The van der Waals surface area contributed by atoms with E-state index in [9.17, 15) is 8.78 Å². The first-order valence-electron chi connectivity index (χ1n) is 9.30. The van der Waals surface area contributed by atoms with Gasteiger partial charge in [-0.3, -0.25) is 5.41 Å². The van der Waals surface area contributed by atoms with Crippen molar-refractivity contribution < 1.29 is 8.78 Å². The van der Waals surface area contributed by atoms with Crippen LogP contribution >= 0.6 is 0 Å². The summed E-state index contributed by atoms with van der Waals surface area (Å²) in [5, 5.41) is 11.2. The van der Waals surface area contributed by atoms with Gasteiger partial charge in [0.2, 0.25) is 0 Å². The molecule has 3 aromatic carbocycles. The van der Waals surface area contributed by atoms with E-state index in [1.54, 1.807) is 6.07 Å². The van der Waals surface area contributed by atoms with Crippen LogP contribution in [0.15, 0.2) is 60.7 Å². The van der Waals surface area contributed by atoms with Crippen LogP contribution in [-0.2, 0) is 6.42 Å². The van der Waals surface area contributed by atoms with E-state index >= 15 is 0 Å². The maximum absolute atomic E-state index is 14.6. The van der Waals surface area contributed by atoms with Crippen LogP contribution in [0, 0.1) is 23.0 Å². The first-order valence-corrected chi connectivity index (χ1v) is 9.30. The van der Waals surface area contributed by atoms with Crippen LogP contribution in [0.2, 0.25) is 0 Å². The number of nitrogens with two attached hydrogens (primary N) is 1. The maximum atomic E-state index is 14.6. The topological polar surface area (TPSA) is 61.9 Å². The molecule has 5 heteroatoms. The third-order valence-corrected chi connectivity index (χ3v) is 6.00. The van der Waals surface area contributed by atoms with Crippen LogP contribution < -0.4 is 11.1 Å². The van der Waals surface area contributed by atoms with Crippen LogP contribution in [0.3, 0.4) is 0 Å². The van der Waals surface area contributed by atoms with Gasteiger partial charge < -0.3 is 11.1 Å². The van der Waals surface area contributed by atoms with E-state index in [0.29, 0.717) is 11.1 Å². The van der Waals surface area contributed by atoms with Crippen LogP contribution in [-0.4, -0.2) is 5.84 Å². The molecule has 1 aliphatic carbocycles. The fourth-order valence-corrected chi connectivity index (χ4v) is 4.79. The number of fused-ring (bicyclic) bond motifs is 5. The van der Waals surface area contributed by atoms with Crippen molar-refractivity contribution in [1.29, 1.82) is 5.41 Å². The zero-order valence-corrected chi connectivity index (χ0v) is 15.0. The lowest BCUT2D eigenvalue weighted by Gasteiger charge is -2.38. The summed E-state index contributed by atoms with van der Waals surface area (Å²) in [5.41, 5.74) is 11.1. The molecule has 0 radical (unpaired) electrons. The monoisotopic (exact) mass is 375 g/mol. The van der Waals surface area contributed by atoms with Gasteiger partial charge in [-0.25, -0.2) is 8.78 Å². The lowest BCUT2D eigenvalue weighted by atomic mass is 9.75. The lowest BCUT2D eigenvalue weighted by Crippen LogP contribution is -2.31. The Bertz CT molecular complexity index is 1110. The predicted octanol–water partition coefficient (Wildman–Crippen LogP) is 4.72. The highest BCUT2D eigenvalue weighted by atomic mass is 19.1. The summed E-state index contributed by atoms with van der Waals surface area (Å²) in [5.74, 6) is -0.743. The standard InChI is InChI=1S/C23H19F2N3/c24-14-6-7-19(25)16(11-14)22-18-9-12-3-1-2-4-15(12)21(18)17-10-13(23(26)27)5-8-20(17)28-22/h1-8,10-11,18,21-22,28H,9H2,(H3,26,27). The fourth-order valence-electron chi connectivity index (χ4n) is 4.79. The van der Waals surface area contributed by atoms with E-state index in [2.05, 4.69) is 17.4 Å². The number of benzene rings is 3. The van der Waals surface area contributed by atoms with Crippen LogP contribution in [0.1, 0.15) is 39.8 Å². The largest absolute Gasteiger partial charge is 0.384 e. The number of nitrogens with one attached hydrogen (secondary N) is 2. The summed E-state index contributed by atoms with van der Waals surface area (Å²) in [6.45, 7) is 0. The Balaban J connectivity index is 1.71. The lowest BCUT2D eigenvalue weighted by molar-refractivity contribution is 0.407. The summed E-state index contributed by atoms with van der Waals surface area (Å²) >= 11 is 0. The van der Waals surface area contributed by atoms with E-state index in [1.807, 2.05) is 24.3 Å². The molecule has 0 fully saturated rings. The molecule has 0 amide bonds. The molecule has 140 valence electrons. The fraction of sp³-hybridized carbons (Fsp3) is 0.174. The van der Waals surface area contributed by atoms with Gasteiger partial charge in [-0.2, -0.15) is 0 Å². The number of hydrogen-bond donors (Lipinski definition) is 3. The summed E-state index contributed by atoms with van der Waals surface area (Å²) < 4.78 is 28.5. The molecule has 28 heavy (non-hydrogen) atoms. The summed E-state index contributed by atoms with van der Waals surface area (Å²) in [6.07, 6.45) is 0.776. The molecule has 0 aromatic heterocycles. The van der Waals surface area contributed by atoms with Crippen molar-refractivity contribution in [3.63, 3.8) is 0 Å². The Hall–Kier alpha value is -3.21. The Morgan fingerprint density at radius 3 is 2.61 bits per heavy atom. The predicted molar refractivity (Wildman–Crippen MR) is 106 cm³/mol. The highest BCUT2D eigenvalue weighted by Gasteiger charge is 2.44. The number of rotatable bonds is 2. The van der Waals surface area contributed by atoms with Crippen molar-refractivity contribution in [1.82, 2.24) is 0 Å². The van der Waals surface area contributed by atoms with Crippen molar-refractivity contribution in [3.8, 4) is 0 Å². The Kier molecular flexibility index (Phi) is 3.72. The molecule has 1 heterocycles. The molecule has 5 rings (SSSR count). The summed E-state index contributed by atoms with van der Waals surface area (Å²) in [7, 11) is 0. The third kappa shape index (κ3) is 2.50. The first kappa shape index (κ1) is 16.9. The van der Waals surface area contributed by atoms with E-state index in [0.717, 1.165) is 23.7 Å². The van der Waals surface area contributed by atoms with E-state index in [-0.39, 0.29) is 23.7 Å². The third-order valence-electron chi connectivity index (χ3n) is 6.00. The smallest absolute Gasteiger partial charge is 0.128 e. The van der Waals surface area contributed by atoms with Crippen LogP contribution in [0.25, 0.3) is 0 Å². The molecule has 3 atom stereocenters. The van der Waals surface area contributed by atoms with Crippen molar-refractivity contribution in [2.75, 3.05) is 5.32 Å². The van der Waals surface area contributed by atoms with Gasteiger partial charge in [-0.1, -0.05) is 24.3 Å². The van der Waals surface area contributed by atoms with Gasteiger partial charge in [0.05, 0.1) is 6.04 Å². The Morgan fingerprint density at radius 2 is 1.79 bits per heavy atom. The van der Waals surface area contributed by atoms with Crippen LogP contribution in [0.4, 0.5) is 14.5 Å². The average molecular weight is 375 g/mol. The molecule has 3 nitrogen and oxygen atoms in total. The second-order valence-electron chi connectivity index (χ2n) is 7.55. The van der Waals surface area contributed by atoms with Crippen LogP contribution in [0.5, 0.6) is 0 Å². The quantitative estimate of drug-likeness (QED) is 0.448. The van der Waals surface area contributed by atoms with Gasteiger partial charge in [0.15, 0.2) is 0 Å². The highest BCUT2D eigenvalue weighted by molar-refractivity contribution is 5.95. The zero-order valence-electron chi connectivity index (χ0n) is 15.0. The zero-order chi connectivity index (χ0) is 19.4. The molecule has 1 aliphatic heterocycles. The molecule has 0 saturated heterocycles. The van der Waals surface area contributed by atoms with E-state index < -0.39 is 11.6 Å². The molecule has 4 N–H and O–H groups in total. The van der Waals surface area contributed by atoms with Gasteiger partial charge in [-0.15, -0.1) is 0 Å². The second kappa shape index (κ2) is 6.16. The molecule has 3 unspecified atom stereocenters. The molecule has 3 aromatic rings. The number of hydrogen-bond acceptors (Lipinski definition) is 2. The van der Waals surface area contributed by atoms with Gasteiger partial charge >= 0.3 is 0 Å². The van der Waals surface area contributed by atoms with Gasteiger partial charge in [-0.05, 0) is 65.4 Å². The minimum Gasteiger partial charge on any atom is -0.384 e. The maximum Gasteiger partial charge on any atom is 0.128 e. The van der Waals surface area contributed by atoms with Gasteiger partial charge in [0, 0.05) is 22.7 Å². The minimum absolute atomic E-state index is 0.0175. The SMILES string of the molecule is N=C(N)c1ccc2c(c1)C1c3ccccc3CC1C(c1cc(F)ccc1F)N2. The summed E-state index contributed by atoms with van der Waals surface area (Å²) in [6, 6.07) is 17.1. The molecular formula is C23H19F2N3. The van der Waals surface area contributed by atoms with Crippen molar-refractivity contribution in [2.24, 2.45) is 11.7 Å².